The largest absolute Gasteiger partial charge is 0.524 e. The standard InChI is InChI=1S/C4H5F3O5S2/c1-11-3(8)2-13-12-14(9,10)4(5,6)7/h2H2,1H3. The van der Waals surface area contributed by atoms with Crippen LogP contribution >= 0.6 is 12.0 Å². The Morgan fingerprint density at radius 3 is 2.29 bits per heavy atom. The van der Waals surface area contributed by atoms with Crippen LogP contribution in [-0.2, 0) is 23.3 Å². The lowest BCUT2D eigenvalue weighted by molar-refractivity contribution is -0.137. The topological polar surface area (TPSA) is 69.7 Å². The van der Waals surface area contributed by atoms with Crippen LogP contribution in [0.2, 0.25) is 0 Å². The molecule has 0 aliphatic carbocycles. The van der Waals surface area contributed by atoms with E-state index in [-0.39, 0.29) is 12.0 Å². The molecule has 0 aliphatic heterocycles. The van der Waals surface area contributed by atoms with Gasteiger partial charge in [-0.05, 0) is 0 Å². The predicted octanol–water partition coefficient (Wildman–Crippen LogP) is 0.674. The fourth-order valence-electron chi connectivity index (χ4n) is 0.233. The first-order chi connectivity index (χ1) is 6.20. The number of alkyl halides is 3. The molecule has 0 heterocycles. The Hall–Kier alpha value is -0.480. The lowest BCUT2D eigenvalue weighted by atomic mass is 10.8. The summed E-state index contributed by atoms with van der Waals surface area (Å²) in [6.45, 7) is 0. The molecule has 0 fully saturated rings. The number of methoxy groups -OCH3 is 1. The molecule has 0 rings (SSSR count). The molecule has 0 N–H and O–H groups in total. The molecule has 10 heteroatoms. The Morgan fingerprint density at radius 1 is 1.43 bits per heavy atom. The van der Waals surface area contributed by atoms with Crippen LogP contribution in [-0.4, -0.2) is 32.8 Å². The average Bonchev–Trinajstić information content (AvgIpc) is 2.01. The Bertz CT molecular complexity index is 295. The first kappa shape index (κ1) is 13.5. The van der Waals surface area contributed by atoms with Gasteiger partial charge in [0.15, 0.2) is 0 Å². The maximum Gasteiger partial charge on any atom is 0.524 e. The Labute approximate surface area is 81.9 Å². The van der Waals surface area contributed by atoms with Crippen LogP contribution in [0.3, 0.4) is 0 Å². The number of hydrogen-bond acceptors (Lipinski definition) is 6. The molecule has 0 unspecified atom stereocenters. The summed E-state index contributed by atoms with van der Waals surface area (Å²) in [5.41, 5.74) is -5.49. The highest BCUT2D eigenvalue weighted by atomic mass is 32.3. The van der Waals surface area contributed by atoms with Crippen molar-refractivity contribution in [2.24, 2.45) is 0 Å². The van der Waals surface area contributed by atoms with Crippen LogP contribution in [0.5, 0.6) is 0 Å². The predicted molar refractivity (Wildman–Crippen MR) is 40.5 cm³/mol. The number of halogens is 3. The number of ether oxygens (including phenoxy) is 1. The van der Waals surface area contributed by atoms with Gasteiger partial charge in [0, 0.05) is 12.0 Å². The summed E-state index contributed by atoms with van der Waals surface area (Å²) < 4.78 is 62.7. The lowest BCUT2D eigenvalue weighted by Gasteiger charge is -2.05. The average molecular weight is 254 g/mol. The quantitative estimate of drug-likeness (QED) is 0.417. The van der Waals surface area contributed by atoms with Crippen molar-refractivity contribution in [3.05, 3.63) is 0 Å². The highest BCUT2D eigenvalue weighted by molar-refractivity contribution is 8.05. The highest BCUT2D eigenvalue weighted by Gasteiger charge is 2.47. The minimum Gasteiger partial charge on any atom is -0.468 e. The summed E-state index contributed by atoms with van der Waals surface area (Å²) in [6.07, 6.45) is 0. The lowest BCUT2D eigenvalue weighted by Crippen LogP contribution is -2.23. The summed E-state index contributed by atoms with van der Waals surface area (Å²) in [6, 6.07) is 0. The summed E-state index contributed by atoms with van der Waals surface area (Å²) >= 11 is -0.163. The minimum absolute atomic E-state index is 0.163. The van der Waals surface area contributed by atoms with Gasteiger partial charge in [-0.3, -0.25) is 4.79 Å². The van der Waals surface area contributed by atoms with Gasteiger partial charge in [0.1, 0.15) is 5.75 Å². The summed E-state index contributed by atoms with van der Waals surface area (Å²) in [5.74, 6) is -1.54. The van der Waals surface area contributed by atoms with Crippen molar-refractivity contribution in [3.63, 3.8) is 0 Å². The second-order valence-corrected chi connectivity index (χ2v) is 4.25. The fraction of sp³-hybridized carbons (Fsp3) is 0.750. The Balaban J connectivity index is 4.10. The molecule has 0 aromatic heterocycles. The van der Waals surface area contributed by atoms with Gasteiger partial charge in [0.05, 0.1) is 7.11 Å². The van der Waals surface area contributed by atoms with E-state index in [1.807, 2.05) is 0 Å². The Morgan fingerprint density at radius 2 is 1.93 bits per heavy atom. The van der Waals surface area contributed by atoms with Crippen molar-refractivity contribution in [2.45, 2.75) is 5.51 Å². The Kier molecular flexibility index (Phi) is 4.68. The molecule has 0 saturated heterocycles. The molecule has 0 bridgehead atoms. The van der Waals surface area contributed by atoms with Gasteiger partial charge in [-0.25, -0.2) is 0 Å². The van der Waals surface area contributed by atoms with E-state index in [1.165, 1.54) is 0 Å². The van der Waals surface area contributed by atoms with Gasteiger partial charge in [-0.2, -0.15) is 25.2 Å². The maximum absolute atomic E-state index is 11.6. The zero-order valence-electron chi connectivity index (χ0n) is 6.70. The van der Waals surface area contributed by atoms with Crippen molar-refractivity contribution < 1.29 is 34.7 Å². The van der Waals surface area contributed by atoms with Gasteiger partial charge < -0.3 is 4.74 Å². The fourth-order valence-corrected chi connectivity index (χ4v) is 1.45. The van der Waals surface area contributed by atoms with Crippen molar-refractivity contribution >= 4 is 28.1 Å². The highest BCUT2D eigenvalue weighted by Crippen LogP contribution is 2.27. The summed E-state index contributed by atoms with van der Waals surface area (Å²) in [4.78, 5) is 10.3. The van der Waals surface area contributed by atoms with Gasteiger partial charge in [-0.1, -0.05) is 0 Å². The number of carbonyl (C=O) groups is 1. The van der Waals surface area contributed by atoms with E-state index in [1.54, 1.807) is 0 Å². The molecule has 0 atom stereocenters. The van der Waals surface area contributed by atoms with Gasteiger partial charge in [0.2, 0.25) is 0 Å². The van der Waals surface area contributed by atoms with Gasteiger partial charge in [0.25, 0.3) is 0 Å². The molecule has 0 radical (unpaired) electrons. The summed E-state index contributed by atoms with van der Waals surface area (Å²) in [7, 11) is -4.65. The van der Waals surface area contributed by atoms with Crippen LogP contribution in [0, 0.1) is 0 Å². The van der Waals surface area contributed by atoms with Crippen molar-refractivity contribution in [3.8, 4) is 0 Å². The van der Waals surface area contributed by atoms with Crippen molar-refractivity contribution in [2.75, 3.05) is 12.9 Å². The van der Waals surface area contributed by atoms with E-state index in [4.69, 9.17) is 0 Å². The third-order valence-electron chi connectivity index (χ3n) is 0.826. The molecule has 0 saturated carbocycles. The van der Waals surface area contributed by atoms with Gasteiger partial charge >= 0.3 is 21.6 Å². The van der Waals surface area contributed by atoms with E-state index in [9.17, 15) is 26.4 Å². The maximum atomic E-state index is 11.6. The first-order valence-corrected chi connectivity index (χ1v) is 5.22. The van der Waals surface area contributed by atoms with Crippen LogP contribution < -0.4 is 0 Å². The smallest absolute Gasteiger partial charge is 0.468 e. The van der Waals surface area contributed by atoms with E-state index < -0.39 is 27.3 Å². The number of esters is 1. The van der Waals surface area contributed by atoms with E-state index >= 15 is 0 Å². The van der Waals surface area contributed by atoms with Gasteiger partial charge in [-0.15, -0.1) is 0 Å². The molecule has 84 valence electrons. The van der Waals surface area contributed by atoms with Crippen LogP contribution in [0.4, 0.5) is 13.2 Å². The monoisotopic (exact) mass is 254 g/mol. The van der Waals surface area contributed by atoms with Crippen molar-refractivity contribution in [1.29, 1.82) is 0 Å². The zero-order chi connectivity index (χ0) is 11.4. The normalized spacial score (nSPS) is 12.6. The molecule has 14 heavy (non-hydrogen) atoms. The van der Waals surface area contributed by atoms with E-state index in [0.29, 0.717) is 0 Å². The molecule has 0 aromatic carbocycles. The van der Waals surface area contributed by atoms with Crippen LogP contribution in [0.25, 0.3) is 0 Å². The van der Waals surface area contributed by atoms with E-state index in [0.717, 1.165) is 7.11 Å². The van der Waals surface area contributed by atoms with Crippen molar-refractivity contribution in [1.82, 2.24) is 0 Å². The number of hydrogen-bond donors (Lipinski definition) is 0. The third kappa shape index (κ3) is 4.15. The zero-order valence-corrected chi connectivity index (χ0v) is 8.33. The third-order valence-corrected chi connectivity index (χ3v) is 2.85. The molecule has 5 nitrogen and oxygen atoms in total. The molecule has 0 aliphatic rings. The van der Waals surface area contributed by atoms with Crippen LogP contribution in [0.1, 0.15) is 0 Å². The molecule has 0 spiro atoms. The van der Waals surface area contributed by atoms with Crippen LogP contribution in [0.15, 0.2) is 0 Å². The number of carbonyl (C=O) groups excluding carboxylic acids is 1. The molecular weight excluding hydrogens is 249 g/mol. The SMILES string of the molecule is COC(=O)CSOS(=O)(=O)C(F)(F)F. The minimum atomic E-state index is -5.65. The summed E-state index contributed by atoms with van der Waals surface area (Å²) in [5, 5.41) is 0. The second kappa shape index (κ2) is 4.84. The first-order valence-electron chi connectivity index (χ1n) is 2.90. The molecule has 0 aromatic rings. The van der Waals surface area contributed by atoms with E-state index in [2.05, 4.69) is 8.37 Å². The number of rotatable bonds is 4. The second-order valence-electron chi connectivity index (χ2n) is 1.81. The molecular formula is C4H5F3O5S2. The molecule has 0 amide bonds.